The summed E-state index contributed by atoms with van der Waals surface area (Å²) in [5, 5.41) is 6.98. The summed E-state index contributed by atoms with van der Waals surface area (Å²) in [6.07, 6.45) is 4.08. The van der Waals surface area contributed by atoms with E-state index in [2.05, 4.69) is 44.4 Å². The Kier molecular flexibility index (Phi) is 5.74. The smallest absolute Gasteiger partial charge is 0.275 e. The summed E-state index contributed by atoms with van der Waals surface area (Å²) < 4.78 is 6.82. The average molecular weight is 417 g/mol. The zero-order chi connectivity index (χ0) is 21.8. The van der Waals surface area contributed by atoms with Crippen LogP contribution in [0.4, 0.5) is 5.95 Å². The van der Waals surface area contributed by atoms with Gasteiger partial charge in [-0.05, 0) is 30.0 Å². The zero-order valence-corrected chi connectivity index (χ0v) is 17.3. The van der Waals surface area contributed by atoms with Gasteiger partial charge in [0.15, 0.2) is 11.3 Å². The first-order valence-electron chi connectivity index (χ1n) is 9.91. The molecule has 9 nitrogen and oxygen atoms in total. The van der Waals surface area contributed by atoms with Crippen molar-refractivity contribution < 1.29 is 9.53 Å². The van der Waals surface area contributed by atoms with Crippen molar-refractivity contribution >= 4 is 17.5 Å². The Hall–Kier alpha value is -4.01. The van der Waals surface area contributed by atoms with Crippen LogP contribution in [0.25, 0.3) is 16.9 Å². The molecule has 1 aromatic carbocycles. The quantitative estimate of drug-likeness (QED) is 0.474. The lowest BCUT2D eigenvalue weighted by Crippen LogP contribution is -2.27. The SMILES string of the molecule is COc1ncc(-c2ccn3nc(N)nc3c2)nc1C(=O)NCCC(C)c1ccccc1. The van der Waals surface area contributed by atoms with Crippen molar-refractivity contribution in [2.45, 2.75) is 19.3 Å². The largest absolute Gasteiger partial charge is 0.479 e. The molecule has 0 bridgehead atoms. The van der Waals surface area contributed by atoms with Gasteiger partial charge in [0, 0.05) is 18.3 Å². The normalized spacial score (nSPS) is 11.9. The molecule has 0 spiro atoms. The molecule has 31 heavy (non-hydrogen) atoms. The Morgan fingerprint density at radius 2 is 2.03 bits per heavy atom. The molecule has 9 heteroatoms. The third-order valence-electron chi connectivity index (χ3n) is 5.03. The van der Waals surface area contributed by atoms with Crippen LogP contribution in [0.15, 0.2) is 54.9 Å². The molecule has 4 aromatic rings. The first-order chi connectivity index (χ1) is 15.0. The minimum absolute atomic E-state index is 0.133. The molecule has 1 atom stereocenters. The van der Waals surface area contributed by atoms with Gasteiger partial charge in [-0.3, -0.25) is 4.79 Å². The van der Waals surface area contributed by atoms with Gasteiger partial charge in [-0.2, -0.15) is 4.98 Å². The summed E-state index contributed by atoms with van der Waals surface area (Å²) in [4.78, 5) is 25.7. The fourth-order valence-corrected chi connectivity index (χ4v) is 3.31. The Morgan fingerprint density at radius 3 is 2.81 bits per heavy atom. The number of hydrogen-bond donors (Lipinski definition) is 2. The number of anilines is 1. The number of benzene rings is 1. The molecule has 0 saturated heterocycles. The highest BCUT2D eigenvalue weighted by Crippen LogP contribution is 2.22. The van der Waals surface area contributed by atoms with Crippen LogP contribution in [0, 0.1) is 0 Å². The van der Waals surface area contributed by atoms with E-state index in [0.717, 1.165) is 12.0 Å². The molecule has 0 radical (unpaired) electrons. The minimum atomic E-state index is -0.334. The summed E-state index contributed by atoms with van der Waals surface area (Å²) in [7, 11) is 1.46. The summed E-state index contributed by atoms with van der Waals surface area (Å²) in [5.41, 5.74) is 8.85. The van der Waals surface area contributed by atoms with Crippen LogP contribution >= 0.6 is 0 Å². The van der Waals surface area contributed by atoms with E-state index < -0.39 is 0 Å². The highest BCUT2D eigenvalue weighted by Gasteiger charge is 2.18. The highest BCUT2D eigenvalue weighted by atomic mass is 16.5. The van der Waals surface area contributed by atoms with E-state index in [0.29, 0.717) is 23.8 Å². The monoisotopic (exact) mass is 417 g/mol. The number of aromatic nitrogens is 5. The fraction of sp³-hybridized carbons (Fsp3) is 0.227. The third kappa shape index (κ3) is 4.45. The van der Waals surface area contributed by atoms with Crippen LogP contribution < -0.4 is 15.8 Å². The number of rotatable bonds is 7. The predicted octanol–water partition coefficient (Wildman–Crippen LogP) is 2.70. The zero-order valence-electron chi connectivity index (χ0n) is 17.3. The lowest BCUT2D eigenvalue weighted by Gasteiger charge is -2.13. The van der Waals surface area contributed by atoms with Gasteiger partial charge >= 0.3 is 0 Å². The molecular weight excluding hydrogens is 394 g/mol. The van der Waals surface area contributed by atoms with Gasteiger partial charge < -0.3 is 15.8 Å². The number of amides is 1. The number of ether oxygens (including phenoxy) is 1. The van der Waals surface area contributed by atoms with E-state index in [9.17, 15) is 4.79 Å². The number of nitrogens with zero attached hydrogens (tertiary/aromatic N) is 5. The molecule has 0 aliphatic carbocycles. The molecule has 1 amide bonds. The van der Waals surface area contributed by atoms with Crippen molar-refractivity contribution in [3.63, 3.8) is 0 Å². The van der Waals surface area contributed by atoms with Crippen molar-refractivity contribution in [3.8, 4) is 17.1 Å². The topological polar surface area (TPSA) is 120 Å². The van der Waals surface area contributed by atoms with Gasteiger partial charge in [-0.1, -0.05) is 37.3 Å². The summed E-state index contributed by atoms with van der Waals surface area (Å²) in [5.74, 6) is 0.343. The Bertz CT molecular complexity index is 1210. The molecule has 1 unspecified atom stereocenters. The summed E-state index contributed by atoms with van der Waals surface area (Å²) >= 11 is 0. The van der Waals surface area contributed by atoms with E-state index in [1.165, 1.54) is 12.7 Å². The number of hydrogen-bond acceptors (Lipinski definition) is 7. The first-order valence-corrected chi connectivity index (χ1v) is 9.91. The lowest BCUT2D eigenvalue weighted by atomic mass is 9.98. The average Bonchev–Trinajstić information content (AvgIpc) is 3.18. The second-order valence-electron chi connectivity index (χ2n) is 7.16. The van der Waals surface area contributed by atoms with E-state index in [1.807, 2.05) is 18.2 Å². The number of nitrogens with one attached hydrogen (secondary N) is 1. The molecule has 0 saturated carbocycles. The number of carbonyl (C=O) groups is 1. The highest BCUT2D eigenvalue weighted by molar-refractivity contribution is 5.94. The van der Waals surface area contributed by atoms with Gasteiger partial charge in [0.05, 0.1) is 19.0 Å². The molecule has 0 aliphatic rings. The number of carbonyl (C=O) groups excluding carboxylic acids is 1. The Labute approximate surface area is 179 Å². The lowest BCUT2D eigenvalue weighted by molar-refractivity contribution is 0.0943. The van der Waals surface area contributed by atoms with Gasteiger partial charge in [-0.25, -0.2) is 14.5 Å². The van der Waals surface area contributed by atoms with Crippen molar-refractivity contribution in [3.05, 3.63) is 66.1 Å². The number of nitrogen functional groups attached to an aromatic ring is 1. The van der Waals surface area contributed by atoms with Crippen molar-refractivity contribution in [1.29, 1.82) is 0 Å². The second-order valence-corrected chi connectivity index (χ2v) is 7.16. The predicted molar refractivity (Wildman–Crippen MR) is 117 cm³/mol. The van der Waals surface area contributed by atoms with Crippen LogP contribution in [-0.2, 0) is 0 Å². The van der Waals surface area contributed by atoms with Crippen LogP contribution in [0.2, 0.25) is 0 Å². The van der Waals surface area contributed by atoms with Gasteiger partial charge in [0.1, 0.15) is 0 Å². The molecule has 4 rings (SSSR count). The second kappa shape index (κ2) is 8.78. The van der Waals surface area contributed by atoms with Crippen LogP contribution in [0.5, 0.6) is 5.88 Å². The van der Waals surface area contributed by atoms with Crippen molar-refractivity contribution in [1.82, 2.24) is 29.9 Å². The van der Waals surface area contributed by atoms with Gasteiger partial charge in [0.25, 0.3) is 5.91 Å². The van der Waals surface area contributed by atoms with Crippen molar-refractivity contribution in [2.75, 3.05) is 19.4 Å². The van der Waals surface area contributed by atoms with Crippen molar-refractivity contribution in [2.24, 2.45) is 0 Å². The number of methoxy groups -OCH3 is 1. The van der Waals surface area contributed by atoms with Crippen LogP contribution in [0.1, 0.15) is 35.3 Å². The van der Waals surface area contributed by atoms with E-state index in [1.54, 1.807) is 29.0 Å². The molecule has 3 N–H and O–H groups in total. The van der Waals surface area contributed by atoms with E-state index in [4.69, 9.17) is 10.5 Å². The van der Waals surface area contributed by atoms with E-state index in [-0.39, 0.29) is 23.4 Å². The minimum Gasteiger partial charge on any atom is -0.479 e. The summed E-state index contributed by atoms with van der Waals surface area (Å²) in [6.45, 7) is 2.64. The molecule has 3 heterocycles. The maximum atomic E-state index is 12.8. The molecule has 3 aromatic heterocycles. The molecular formula is C22H23N7O2. The number of fused-ring (bicyclic) bond motifs is 1. The Morgan fingerprint density at radius 1 is 1.23 bits per heavy atom. The van der Waals surface area contributed by atoms with E-state index >= 15 is 0 Å². The maximum absolute atomic E-state index is 12.8. The summed E-state index contributed by atoms with van der Waals surface area (Å²) in [6, 6.07) is 13.8. The number of nitrogens with two attached hydrogens (primary N) is 1. The van der Waals surface area contributed by atoms with Gasteiger partial charge in [-0.15, -0.1) is 5.10 Å². The third-order valence-corrected chi connectivity index (χ3v) is 5.03. The van der Waals surface area contributed by atoms with Crippen LogP contribution in [-0.4, -0.2) is 44.1 Å². The maximum Gasteiger partial charge on any atom is 0.275 e. The van der Waals surface area contributed by atoms with Gasteiger partial charge in [0.2, 0.25) is 11.8 Å². The Balaban J connectivity index is 1.50. The fourth-order valence-electron chi connectivity index (χ4n) is 3.31. The molecule has 158 valence electrons. The molecule has 0 fully saturated rings. The van der Waals surface area contributed by atoms with Crippen LogP contribution in [0.3, 0.4) is 0 Å². The first kappa shape index (κ1) is 20.3. The standard InChI is InChI=1S/C22H23N7O2/c1-14(15-6-4-3-5-7-15)8-10-24-20(30)19-21(31-2)25-13-17(26-19)16-9-11-29-18(12-16)27-22(23)28-29/h3-7,9,11-14H,8,10H2,1-2H3,(H2,23,28)(H,24,30). The molecule has 0 aliphatic heterocycles. The number of pyridine rings is 1.